The molecule has 9 rings (SSSR count). The Hall–Kier alpha value is -1.30. The maximum atomic E-state index is 12.9. The number of fused-ring (bicyclic) bond motifs is 5. The Morgan fingerprint density at radius 1 is 0.524 bits per heavy atom. The third kappa shape index (κ3) is 11.9. The standard InChI is InChI=1S/C58H98O26/c1-24(2)10-9-14-58(8,84-51-46(74)42(70)39(67)31(80-51)23-76-52-47(40(68)30(21-61)78-52)82-49-44(72)36(64)27(63)22-75-49)25-11-16-57(7)35(25)26(62)18-33-55(5)15-13-34(54(3,4)32(55)12-17-56(33,57)6)81-53-48(43(71)38(66)29(20-60)79-53)83-50-45(73)41(69)37(65)28(19-59)77-50/h10,25-53,59-74H,9,11-23H2,1-8H3/t25-,26+,27+,28+,29+,30-,31+,32-,33+,34-,35-,36-,37+,38+,39+,40-,41-,42-,43-,44+,45+,46+,47+,48+,49-,50-,51-,52+,53-,55-,56+,57+,58-/m0/s1. The number of aliphatic hydroxyl groups excluding tert-OH is 16. The van der Waals surface area contributed by atoms with E-state index >= 15 is 0 Å². The van der Waals surface area contributed by atoms with E-state index in [0.717, 1.165) is 24.8 Å². The van der Waals surface area contributed by atoms with E-state index in [9.17, 15) is 81.7 Å². The van der Waals surface area contributed by atoms with Gasteiger partial charge in [0, 0.05) is 0 Å². The molecule has 26 nitrogen and oxygen atoms in total. The highest BCUT2D eigenvalue weighted by atomic mass is 16.8. The van der Waals surface area contributed by atoms with E-state index in [-0.39, 0.29) is 34.5 Å². The van der Waals surface area contributed by atoms with Gasteiger partial charge in [0.25, 0.3) is 0 Å². The Labute approximate surface area is 490 Å². The first kappa shape index (κ1) is 67.1. The molecular formula is C58H98O26. The van der Waals surface area contributed by atoms with Crippen LogP contribution >= 0.6 is 0 Å². The maximum Gasteiger partial charge on any atom is 0.187 e. The van der Waals surface area contributed by atoms with Gasteiger partial charge in [0.15, 0.2) is 31.5 Å². The summed E-state index contributed by atoms with van der Waals surface area (Å²) in [6, 6.07) is 0. The summed E-state index contributed by atoms with van der Waals surface area (Å²) in [6.07, 6.45) is -29.8. The van der Waals surface area contributed by atoms with Crippen LogP contribution in [0.5, 0.6) is 0 Å². The summed E-state index contributed by atoms with van der Waals surface area (Å²) < 4.78 is 60.9. The normalized spacial score (nSPS) is 52.9. The van der Waals surface area contributed by atoms with Gasteiger partial charge in [0.05, 0.1) is 50.8 Å². The Balaban J connectivity index is 0.918. The fourth-order valence-electron chi connectivity index (χ4n) is 17.2. The molecular weight excluding hydrogens is 1110 g/mol. The molecule has 0 aromatic carbocycles. The molecule has 0 aromatic heterocycles. The number of hydrogen-bond donors (Lipinski definition) is 16. The SMILES string of the molecule is CC(C)=CCC[C@](C)(O[C@@H]1O[C@H](CO[C@@H]2O[C@@H](CO)[C@H](O)[C@H]2O[C@@H]2OC[C@@H](O)[C@H](O)[C@H]2O)[C@@H](O)[C@H](O)[C@H]1O)[C@H]1CC[C@]2(C)[C@@H]1[C@H](O)C[C@@H]1[C@@]3(C)CC[C@H](O[C@@H]4O[C@H](CO)[C@@H](O)[C@H](O)[C@H]4O[C@@H]4O[C@H](CO)[C@@H](O)[C@H](O)[C@H]4O)C(C)(C)[C@@H]3CC[C@]12C. The van der Waals surface area contributed by atoms with Crippen LogP contribution in [0.3, 0.4) is 0 Å². The second-order valence-electron chi connectivity index (χ2n) is 27.6. The highest BCUT2D eigenvalue weighted by molar-refractivity contribution is 5.21. The summed E-state index contributed by atoms with van der Waals surface area (Å²) in [5, 5.41) is 174. The molecule has 486 valence electrons. The van der Waals surface area contributed by atoms with E-state index in [1.165, 1.54) is 0 Å². The van der Waals surface area contributed by atoms with Crippen molar-refractivity contribution in [2.45, 2.75) is 272 Å². The van der Waals surface area contributed by atoms with Crippen LogP contribution in [-0.2, 0) is 47.4 Å². The van der Waals surface area contributed by atoms with Crippen molar-refractivity contribution in [1.82, 2.24) is 0 Å². The van der Waals surface area contributed by atoms with Crippen molar-refractivity contribution in [2.75, 3.05) is 33.0 Å². The Morgan fingerprint density at radius 2 is 1.06 bits per heavy atom. The van der Waals surface area contributed by atoms with E-state index < -0.39 is 203 Å². The van der Waals surface area contributed by atoms with Crippen LogP contribution in [0.2, 0.25) is 0 Å². The van der Waals surface area contributed by atoms with Crippen molar-refractivity contribution in [2.24, 2.45) is 45.3 Å². The lowest BCUT2D eigenvalue weighted by Crippen LogP contribution is -2.68. The fourth-order valence-corrected chi connectivity index (χ4v) is 17.2. The Bertz CT molecular complexity index is 2210. The van der Waals surface area contributed by atoms with Crippen LogP contribution in [-0.4, -0.2) is 274 Å². The maximum absolute atomic E-state index is 12.9. The van der Waals surface area contributed by atoms with Gasteiger partial charge in [-0.05, 0) is 124 Å². The predicted molar refractivity (Wildman–Crippen MR) is 287 cm³/mol. The van der Waals surface area contributed by atoms with Gasteiger partial charge in [-0.2, -0.15) is 0 Å². The molecule has 4 aliphatic carbocycles. The molecule has 4 saturated carbocycles. The molecule has 16 N–H and O–H groups in total. The molecule has 0 amide bonds. The third-order valence-electron chi connectivity index (χ3n) is 22.3. The monoisotopic (exact) mass is 1210 g/mol. The first-order chi connectivity index (χ1) is 39.4. The lowest BCUT2D eigenvalue weighted by atomic mass is 9.35. The lowest BCUT2D eigenvalue weighted by Gasteiger charge is -2.71. The number of hydrogen-bond acceptors (Lipinski definition) is 26. The summed E-state index contributed by atoms with van der Waals surface area (Å²) in [5.41, 5.74) is -1.72. The van der Waals surface area contributed by atoms with Gasteiger partial charge in [-0.3, -0.25) is 0 Å². The largest absolute Gasteiger partial charge is 0.394 e. The second kappa shape index (κ2) is 25.8. The van der Waals surface area contributed by atoms with Crippen molar-refractivity contribution in [3.8, 4) is 0 Å². The lowest BCUT2D eigenvalue weighted by molar-refractivity contribution is -0.378. The van der Waals surface area contributed by atoms with Gasteiger partial charge < -0.3 is 129 Å². The third-order valence-corrected chi connectivity index (χ3v) is 22.3. The number of aliphatic hydroxyl groups is 16. The van der Waals surface area contributed by atoms with Crippen molar-refractivity contribution < 1.29 is 129 Å². The van der Waals surface area contributed by atoms with Crippen LogP contribution in [0, 0.1) is 45.3 Å². The van der Waals surface area contributed by atoms with Crippen LogP contribution in [0.15, 0.2) is 11.6 Å². The summed E-state index contributed by atoms with van der Waals surface area (Å²) in [6.45, 7) is 14.1. The van der Waals surface area contributed by atoms with Crippen molar-refractivity contribution in [3.05, 3.63) is 11.6 Å². The van der Waals surface area contributed by atoms with Crippen LogP contribution in [0.25, 0.3) is 0 Å². The predicted octanol–water partition coefficient (Wildman–Crippen LogP) is -3.10. The van der Waals surface area contributed by atoms with Gasteiger partial charge >= 0.3 is 0 Å². The molecule has 33 atom stereocenters. The van der Waals surface area contributed by atoms with Crippen molar-refractivity contribution >= 4 is 0 Å². The second-order valence-corrected chi connectivity index (χ2v) is 27.6. The summed E-state index contributed by atoms with van der Waals surface area (Å²) in [5.74, 6) is -0.565. The first-order valence-corrected chi connectivity index (χ1v) is 30.2. The van der Waals surface area contributed by atoms with Crippen LogP contribution in [0.4, 0.5) is 0 Å². The minimum Gasteiger partial charge on any atom is -0.394 e. The molecule has 0 spiro atoms. The van der Waals surface area contributed by atoms with Gasteiger partial charge in [-0.15, -0.1) is 0 Å². The molecule has 0 radical (unpaired) electrons. The minimum atomic E-state index is -1.83. The molecule has 9 fully saturated rings. The molecule has 5 saturated heterocycles. The smallest absolute Gasteiger partial charge is 0.187 e. The zero-order valence-corrected chi connectivity index (χ0v) is 49.5. The molecule has 26 heteroatoms. The topological polar surface area (TPSA) is 416 Å². The number of rotatable bonds is 18. The van der Waals surface area contributed by atoms with Gasteiger partial charge in [0.2, 0.25) is 0 Å². The molecule has 0 bridgehead atoms. The highest BCUT2D eigenvalue weighted by Crippen LogP contribution is 2.76. The van der Waals surface area contributed by atoms with E-state index in [1.54, 1.807) is 0 Å². The van der Waals surface area contributed by atoms with Gasteiger partial charge in [-0.1, -0.05) is 46.3 Å². The van der Waals surface area contributed by atoms with Gasteiger partial charge in [-0.25, -0.2) is 0 Å². The van der Waals surface area contributed by atoms with E-state index in [2.05, 4.69) is 40.7 Å². The van der Waals surface area contributed by atoms with E-state index in [4.69, 9.17) is 47.4 Å². The molecule has 5 heterocycles. The fraction of sp³-hybridized carbons (Fsp3) is 0.966. The molecule has 5 aliphatic heterocycles. The summed E-state index contributed by atoms with van der Waals surface area (Å²) in [7, 11) is 0. The molecule has 0 unspecified atom stereocenters. The number of allylic oxidation sites excluding steroid dienone is 2. The zero-order valence-electron chi connectivity index (χ0n) is 49.5. The quantitative estimate of drug-likeness (QED) is 0.0477. The Kier molecular flexibility index (Phi) is 20.6. The highest BCUT2D eigenvalue weighted by Gasteiger charge is 2.72. The first-order valence-electron chi connectivity index (χ1n) is 30.2. The van der Waals surface area contributed by atoms with E-state index in [0.29, 0.717) is 38.5 Å². The molecule has 84 heavy (non-hydrogen) atoms. The summed E-state index contributed by atoms with van der Waals surface area (Å²) >= 11 is 0. The average Bonchev–Trinajstić information content (AvgIpc) is 1.32. The van der Waals surface area contributed by atoms with E-state index in [1.807, 2.05) is 20.8 Å². The summed E-state index contributed by atoms with van der Waals surface area (Å²) in [4.78, 5) is 0. The van der Waals surface area contributed by atoms with Crippen LogP contribution in [0.1, 0.15) is 113 Å². The van der Waals surface area contributed by atoms with Gasteiger partial charge in [0.1, 0.15) is 110 Å². The zero-order chi connectivity index (χ0) is 61.5. The van der Waals surface area contributed by atoms with Crippen molar-refractivity contribution in [1.29, 1.82) is 0 Å². The average molecular weight is 1210 g/mol. The molecule has 0 aromatic rings. The minimum absolute atomic E-state index is 0.0176. The Morgan fingerprint density at radius 3 is 1.70 bits per heavy atom. The molecule has 9 aliphatic rings. The van der Waals surface area contributed by atoms with Crippen LogP contribution < -0.4 is 0 Å². The van der Waals surface area contributed by atoms with Crippen molar-refractivity contribution in [3.63, 3.8) is 0 Å². The number of ether oxygens (including phenoxy) is 10.